The maximum atomic E-state index is 14.1. The number of hydrogen-bond acceptors (Lipinski definition) is 6. The van der Waals surface area contributed by atoms with E-state index in [0.29, 0.717) is 39.7 Å². The van der Waals surface area contributed by atoms with Gasteiger partial charge in [-0.1, -0.05) is 12.1 Å². The van der Waals surface area contributed by atoms with Crippen molar-refractivity contribution in [1.29, 1.82) is 0 Å². The highest BCUT2D eigenvalue weighted by molar-refractivity contribution is 6.07. The molecule has 0 aliphatic heterocycles. The first kappa shape index (κ1) is 22.3. The third-order valence-electron chi connectivity index (χ3n) is 6.11. The molecule has 0 fully saturated rings. The Morgan fingerprint density at radius 1 is 0.829 bits per heavy atom. The number of aryl methyl sites for hydroxylation is 1. The lowest BCUT2D eigenvalue weighted by atomic mass is 10.1. The molecule has 8 heteroatoms. The van der Waals surface area contributed by atoms with Crippen molar-refractivity contribution in [2.75, 3.05) is 28.4 Å². The monoisotopic (exact) mass is 471 g/mol. The fourth-order valence-corrected chi connectivity index (χ4v) is 4.42. The van der Waals surface area contributed by atoms with Crippen LogP contribution in [0.1, 0.15) is 10.4 Å². The van der Waals surface area contributed by atoms with Crippen molar-refractivity contribution in [2.24, 2.45) is 7.05 Å². The van der Waals surface area contributed by atoms with Gasteiger partial charge in [-0.05, 0) is 42.5 Å². The van der Waals surface area contributed by atoms with Crippen LogP contribution in [0.4, 0.5) is 0 Å². The molecule has 5 aromatic rings. The van der Waals surface area contributed by atoms with E-state index in [4.69, 9.17) is 23.9 Å². The standard InChI is InChI=1S/C27H25N3O5/c1-29-15-19(18-14-17(32-2)10-11-21(18)29)26-28-20-8-6-7-9-22(20)30(26)27(31)16-12-23(33-3)25(35-5)24(13-16)34-4/h6-15H,1-5H3. The summed E-state index contributed by atoms with van der Waals surface area (Å²) in [5, 5.41) is 0.932. The van der Waals surface area contributed by atoms with Gasteiger partial charge < -0.3 is 23.5 Å². The van der Waals surface area contributed by atoms with Crippen LogP contribution in [0.2, 0.25) is 0 Å². The molecule has 178 valence electrons. The maximum Gasteiger partial charge on any atom is 0.264 e. The molecule has 8 nitrogen and oxygen atoms in total. The molecule has 5 rings (SSSR count). The highest BCUT2D eigenvalue weighted by Gasteiger charge is 2.25. The quantitative estimate of drug-likeness (QED) is 0.350. The van der Waals surface area contributed by atoms with Crippen molar-refractivity contribution in [1.82, 2.24) is 14.1 Å². The van der Waals surface area contributed by atoms with Gasteiger partial charge in [-0.3, -0.25) is 9.36 Å². The molecule has 0 N–H and O–H groups in total. The number of methoxy groups -OCH3 is 4. The van der Waals surface area contributed by atoms with Crippen LogP contribution in [0, 0.1) is 0 Å². The molecule has 0 aliphatic carbocycles. The number of hydrogen-bond donors (Lipinski definition) is 0. The summed E-state index contributed by atoms with van der Waals surface area (Å²) < 4.78 is 25.5. The Morgan fingerprint density at radius 3 is 2.20 bits per heavy atom. The number of carbonyl (C=O) groups is 1. The van der Waals surface area contributed by atoms with Crippen LogP contribution in [-0.4, -0.2) is 48.5 Å². The average molecular weight is 472 g/mol. The van der Waals surface area contributed by atoms with Crippen molar-refractivity contribution in [3.8, 4) is 34.4 Å². The number of carbonyl (C=O) groups excluding carboxylic acids is 1. The molecular weight excluding hydrogens is 446 g/mol. The number of nitrogens with zero attached hydrogens (tertiary/aromatic N) is 3. The summed E-state index contributed by atoms with van der Waals surface area (Å²) in [6.07, 6.45) is 1.98. The van der Waals surface area contributed by atoms with Gasteiger partial charge in [0.25, 0.3) is 5.91 Å². The van der Waals surface area contributed by atoms with E-state index in [1.807, 2.05) is 60.3 Å². The molecule has 2 aromatic heterocycles. The zero-order valence-corrected chi connectivity index (χ0v) is 20.2. The van der Waals surface area contributed by atoms with Crippen LogP contribution in [0.3, 0.4) is 0 Å². The number of benzene rings is 3. The molecule has 0 spiro atoms. The van der Waals surface area contributed by atoms with Crippen LogP contribution in [0.25, 0.3) is 33.3 Å². The summed E-state index contributed by atoms with van der Waals surface area (Å²) in [5.41, 5.74) is 3.60. The zero-order valence-electron chi connectivity index (χ0n) is 20.2. The van der Waals surface area contributed by atoms with Gasteiger partial charge in [0.15, 0.2) is 11.5 Å². The molecule has 35 heavy (non-hydrogen) atoms. The molecular formula is C27H25N3O5. The minimum atomic E-state index is -0.271. The third-order valence-corrected chi connectivity index (χ3v) is 6.11. The van der Waals surface area contributed by atoms with Crippen molar-refractivity contribution in [3.05, 3.63) is 66.4 Å². The first-order chi connectivity index (χ1) is 17.0. The molecule has 0 radical (unpaired) electrons. The molecule has 3 aromatic carbocycles. The summed E-state index contributed by atoms with van der Waals surface area (Å²) in [6.45, 7) is 0. The van der Waals surface area contributed by atoms with Gasteiger partial charge >= 0.3 is 0 Å². The van der Waals surface area contributed by atoms with Crippen LogP contribution in [0.15, 0.2) is 60.8 Å². The lowest BCUT2D eigenvalue weighted by Gasteiger charge is -2.14. The first-order valence-corrected chi connectivity index (χ1v) is 11.0. The third kappa shape index (κ3) is 3.54. The van der Waals surface area contributed by atoms with E-state index < -0.39 is 0 Å². The van der Waals surface area contributed by atoms with Gasteiger partial charge in [0, 0.05) is 35.3 Å². The summed E-state index contributed by atoms with van der Waals surface area (Å²) in [7, 11) is 8.16. The van der Waals surface area contributed by atoms with Gasteiger partial charge in [-0.2, -0.15) is 0 Å². The minimum Gasteiger partial charge on any atom is -0.497 e. The highest BCUT2D eigenvalue weighted by atomic mass is 16.5. The van der Waals surface area contributed by atoms with Crippen molar-refractivity contribution >= 4 is 27.8 Å². The number of rotatable bonds is 6. The van der Waals surface area contributed by atoms with Gasteiger partial charge in [0.2, 0.25) is 5.75 Å². The average Bonchev–Trinajstić information content (AvgIpc) is 3.44. The van der Waals surface area contributed by atoms with Gasteiger partial charge in [-0.15, -0.1) is 0 Å². The predicted molar refractivity (Wildman–Crippen MR) is 134 cm³/mol. The second kappa shape index (κ2) is 8.72. The summed E-state index contributed by atoms with van der Waals surface area (Å²) in [4.78, 5) is 18.9. The number of imidazole rings is 1. The van der Waals surface area contributed by atoms with E-state index in [9.17, 15) is 4.79 Å². The predicted octanol–water partition coefficient (Wildman–Crippen LogP) is 4.92. The zero-order chi connectivity index (χ0) is 24.7. The smallest absolute Gasteiger partial charge is 0.264 e. The van der Waals surface area contributed by atoms with Gasteiger partial charge in [0.05, 0.1) is 39.5 Å². The number of ether oxygens (including phenoxy) is 4. The fourth-order valence-electron chi connectivity index (χ4n) is 4.42. The molecule has 0 amide bonds. The number of fused-ring (bicyclic) bond motifs is 2. The molecule has 0 saturated carbocycles. The van der Waals surface area contributed by atoms with E-state index in [1.165, 1.54) is 21.3 Å². The molecule has 0 aliphatic rings. The van der Waals surface area contributed by atoms with E-state index in [2.05, 4.69) is 0 Å². The Balaban J connectivity index is 1.78. The summed E-state index contributed by atoms with van der Waals surface area (Å²) in [6, 6.07) is 16.7. The van der Waals surface area contributed by atoms with E-state index in [-0.39, 0.29) is 5.91 Å². The highest BCUT2D eigenvalue weighted by Crippen LogP contribution is 2.39. The van der Waals surface area contributed by atoms with Crippen molar-refractivity contribution in [3.63, 3.8) is 0 Å². The summed E-state index contributed by atoms with van der Waals surface area (Å²) >= 11 is 0. The lowest BCUT2D eigenvalue weighted by molar-refractivity contribution is 0.0965. The Hall–Kier alpha value is -4.46. The van der Waals surface area contributed by atoms with Crippen molar-refractivity contribution in [2.45, 2.75) is 0 Å². The molecule has 0 atom stereocenters. The molecule has 0 unspecified atom stereocenters. The Bertz CT molecular complexity index is 1560. The fraction of sp³-hybridized carbons (Fsp3) is 0.185. The second-order valence-electron chi connectivity index (χ2n) is 8.02. The van der Waals surface area contributed by atoms with E-state index in [1.54, 1.807) is 23.8 Å². The van der Waals surface area contributed by atoms with E-state index in [0.717, 1.165) is 22.2 Å². The van der Waals surface area contributed by atoms with Crippen molar-refractivity contribution < 1.29 is 23.7 Å². The molecule has 2 heterocycles. The second-order valence-corrected chi connectivity index (χ2v) is 8.02. The largest absolute Gasteiger partial charge is 0.497 e. The topological polar surface area (TPSA) is 76.7 Å². The lowest BCUT2D eigenvalue weighted by Crippen LogP contribution is -2.14. The van der Waals surface area contributed by atoms with Gasteiger partial charge in [0.1, 0.15) is 11.6 Å². The Morgan fingerprint density at radius 2 is 1.54 bits per heavy atom. The Kier molecular flexibility index (Phi) is 5.56. The first-order valence-electron chi connectivity index (χ1n) is 11.0. The maximum absolute atomic E-state index is 14.1. The van der Waals surface area contributed by atoms with Gasteiger partial charge in [-0.25, -0.2) is 4.98 Å². The SMILES string of the molecule is COc1ccc2c(c1)c(-c1nc3ccccc3n1C(=O)c1cc(OC)c(OC)c(OC)c1)cn2C. The van der Waals surface area contributed by atoms with Crippen LogP contribution < -0.4 is 18.9 Å². The Labute approximate surface area is 202 Å². The van der Waals surface area contributed by atoms with E-state index >= 15 is 0 Å². The van der Waals surface area contributed by atoms with Crippen LogP contribution in [-0.2, 0) is 7.05 Å². The summed E-state index contributed by atoms with van der Waals surface area (Å²) in [5.74, 6) is 2.20. The molecule has 0 bridgehead atoms. The number of aromatic nitrogens is 3. The number of para-hydroxylation sites is 2. The van der Waals surface area contributed by atoms with Crippen LogP contribution in [0.5, 0.6) is 23.0 Å². The normalized spacial score (nSPS) is 11.1. The molecule has 0 saturated heterocycles. The minimum absolute atomic E-state index is 0.271. The van der Waals surface area contributed by atoms with Crippen LogP contribution >= 0.6 is 0 Å².